The third kappa shape index (κ3) is 3.42. The van der Waals surface area contributed by atoms with Crippen LogP contribution >= 0.6 is 11.6 Å². The number of benzene rings is 1. The van der Waals surface area contributed by atoms with Crippen molar-refractivity contribution in [3.05, 3.63) is 34.3 Å². The number of ether oxygens (including phenoxy) is 1. The summed E-state index contributed by atoms with van der Waals surface area (Å²) in [5.41, 5.74) is 2.66. The normalized spacial score (nSPS) is 23.1. The first-order valence-corrected chi connectivity index (χ1v) is 8.42. The quantitative estimate of drug-likeness (QED) is 0.929. The van der Waals surface area contributed by atoms with E-state index in [1.807, 2.05) is 6.07 Å². The largest absolute Gasteiger partial charge is 0.381 e. The number of aryl methyl sites for hydroxylation is 1. The SMILES string of the molecule is Cc1cccc(Cl)c1[C@@H](C1CCOCC1)N1CCNCC1. The second-order valence-electron chi connectivity index (χ2n) is 6.15. The van der Waals surface area contributed by atoms with Crippen LogP contribution in [0.5, 0.6) is 0 Å². The van der Waals surface area contributed by atoms with E-state index >= 15 is 0 Å². The van der Waals surface area contributed by atoms with Gasteiger partial charge in [0.05, 0.1) is 0 Å². The molecule has 2 fully saturated rings. The van der Waals surface area contributed by atoms with Gasteiger partial charge in [-0.1, -0.05) is 23.7 Å². The lowest BCUT2D eigenvalue weighted by atomic mass is 9.84. The second kappa shape index (κ2) is 7.10. The highest BCUT2D eigenvalue weighted by Gasteiger charge is 2.33. The van der Waals surface area contributed by atoms with Gasteiger partial charge in [0.15, 0.2) is 0 Å². The standard InChI is InChI=1S/C17H25ClN2O/c1-13-3-2-4-15(18)16(13)17(14-5-11-21-12-6-14)20-9-7-19-8-10-20/h2-4,14,17,19H,5-12H2,1H3/t17-/m1/s1. The monoisotopic (exact) mass is 308 g/mol. The molecule has 0 aromatic heterocycles. The van der Waals surface area contributed by atoms with E-state index in [9.17, 15) is 0 Å². The summed E-state index contributed by atoms with van der Waals surface area (Å²) in [7, 11) is 0. The smallest absolute Gasteiger partial charge is 0.0469 e. The number of piperazine rings is 1. The molecule has 1 N–H and O–H groups in total. The Morgan fingerprint density at radius 1 is 1.24 bits per heavy atom. The van der Waals surface area contributed by atoms with E-state index in [2.05, 4.69) is 29.3 Å². The first-order chi connectivity index (χ1) is 10.3. The van der Waals surface area contributed by atoms with E-state index in [1.165, 1.54) is 11.1 Å². The zero-order valence-corrected chi connectivity index (χ0v) is 13.5. The van der Waals surface area contributed by atoms with E-state index < -0.39 is 0 Å². The maximum atomic E-state index is 6.59. The Balaban J connectivity index is 1.94. The number of nitrogens with one attached hydrogen (secondary N) is 1. The van der Waals surface area contributed by atoms with E-state index in [1.54, 1.807) is 0 Å². The van der Waals surface area contributed by atoms with Crippen LogP contribution in [0.25, 0.3) is 0 Å². The van der Waals surface area contributed by atoms with Gasteiger partial charge in [0.2, 0.25) is 0 Å². The van der Waals surface area contributed by atoms with Gasteiger partial charge in [-0.2, -0.15) is 0 Å². The maximum absolute atomic E-state index is 6.59. The van der Waals surface area contributed by atoms with Gasteiger partial charge in [0.1, 0.15) is 0 Å². The summed E-state index contributed by atoms with van der Waals surface area (Å²) in [5.74, 6) is 0.649. The van der Waals surface area contributed by atoms with Crippen molar-refractivity contribution in [1.82, 2.24) is 10.2 Å². The molecule has 3 rings (SSSR count). The lowest BCUT2D eigenvalue weighted by Crippen LogP contribution is -2.47. The summed E-state index contributed by atoms with van der Waals surface area (Å²) in [6.07, 6.45) is 2.28. The van der Waals surface area contributed by atoms with Crippen molar-refractivity contribution in [2.45, 2.75) is 25.8 Å². The number of rotatable bonds is 3. The molecule has 0 radical (unpaired) electrons. The predicted molar refractivity (Wildman–Crippen MR) is 86.9 cm³/mol. The lowest BCUT2D eigenvalue weighted by Gasteiger charge is -2.42. The van der Waals surface area contributed by atoms with E-state index in [0.717, 1.165) is 57.3 Å². The molecule has 1 aromatic rings. The van der Waals surface area contributed by atoms with Crippen LogP contribution in [0, 0.1) is 12.8 Å². The van der Waals surface area contributed by atoms with Crippen molar-refractivity contribution in [3.8, 4) is 0 Å². The zero-order valence-electron chi connectivity index (χ0n) is 12.8. The Morgan fingerprint density at radius 3 is 2.62 bits per heavy atom. The van der Waals surface area contributed by atoms with Gasteiger partial charge >= 0.3 is 0 Å². The van der Waals surface area contributed by atoms with Crippen molar-refractivity contribution in [2.24, 2.45) is 5.92 Å². The summed E-state index contributed by atoms with van der Waals surface area (Å²) in [5, 5.41) is 4.38. The minimum atomic E-state index is 0.435. The molecule has 0 aliphatic carbocycles. The fourth-order valence-corrected chi connectivity index (χ4v) is 4.06. The van der Waals surface area contributed by atoms with Crippen molar-refractivity contribution < 1.29 is 4.74 Å². The molecule has 0 saturated carbocycles. The molecule has 0 spiro atoms. The highest BCUT2D eigenvalue weighted by molar-refractivity contribution is 6.31. The van der Waals surface area contributed by atoms with Crippen molar-refractivity contribution >= 4 is 11.6 Å². The molecule has 1 aromatic carbocycles. The first-order valence-electron chi connectivity index (χ1n) is 8.05. The molecule has 3 nitrogen and oxygen atoms in total. The summed E-state index contributed by atoms with van der Waals surface area (Å²) in [6.45, 7) is 8.31. The van der Waals surface area contributed by atoms with Crippen LogP contribution in [0.2, 0.25) is 5.02 Å². The van der Waals surface area contributed by atoms with Crippen molar-refractivity contribution in [3.63, 3.8) is 0 Å². The molecule has 2 saturated heterocycles. The van der Waals surface area contributed by atoms with Gasteiger partial charge in [0, 0.05) is 50.5 Å². The lowest BCUT2D eigenvalue weighted by molar-refractivity contribution is 0.0211. The first kappa shape index (κ1) is 15.3. The molecule has 0 unspecified atom stereocenters. The molecule has 4 heteroatoms. The van der Waals surface area contributed by atoms with Gasteiger partial charge in [-0.05, 0) is 42.9 Å². The average Bonchev–Trinajstić information content (AvgIpc) is 2.53. The molecule has 2 heterocycles. The van der Waals surface area contributed by atoms with Crippen LogP contribution in [0.1, 0.15) is 30.0 Å². The zero-order chi connectivity index (χ0) is 14.7. The van der Waals surface area contributed by atoms with Crippen molar-refractivity contribution in [2.75, 3.05) is 39.4 Å². The van der Waals surface area contributed by atoms with E-state index in [-0.39, 0.29) is 0 Å². The summed E-state index contributed by atoms with van der Waals surface area (Å²) < 4.78 is 5.57. The van der Waals surface area contributed by atoms with Gasteiger partial charge < -0.3 is 10.1 Å². The topological polar surface area (TPSA) is 24.5 Å². The highest BCUT2D eigenvalue weighted by atomic mass is 35.5. The molecule has 2 aliphatic heterocycles. The van der Waals surface area contributed by atoms with Gasteiger partial charge in [-0.3, -0.25) is 4.90 Å². The Kier molecular flexibility index (Phi) is 5.17. The molecule has 0 bridgehead atoms. The number of halogens is 1. The number of nitrogens with zero attached hydrogens (tertiary/aromatic N) is 1. The average molecular weight is 309 g/mol. The minimum absolute atomic E-state index is 0.435. The van der Waals surface area contributed by atoms with Crippen LogP contribution < -0.4 is 5.32 Å². The van der Waals surface area contributed by atoms with Crippen LogP contribution in [0.3, 0.4) is 0 Å². The van der Waals surface area contributed by atoms with Gasteiger partial charge in [0.25, 0.3) is 0 Å². The van der Waals surface area contributed by atoms with Gasteiger partial charge in [-0.25, -0.2) is 0 Å². The van der Waals surface area contributed by atoms with Crippen LogP contribution in [0.15, 0.2) is 18.2 Å². The molecule has 116 valence electrons. The summed E-state index contributed by atoms with van der Waals surface area (Å²) >= 11 is 6.59. The fourth-order valence-electron chi connectivity index (χ4n) is 3.73. The Labute approximate surface area is 132 Å². The Hall–Kier alpha value is -0.610. The third-order valence-corrected chi connectivity index (χ3v) is 5.15. The molecular formula is C17H25ClN2O. The number of hydrogen-bond acceptors (Lipinski definition) is 3. The predicted octanol–water partition coefficient (Wildman–Crippen LogP) is 3.02. The van der Waals surface area contributed by atoms with E-state index in [0.29, 0.717) is 12.0 Å². The van der Waals surface area contributed by atoms with Gasteiger partial charge in [-0.15, -0.1) is 0 Å². The van der Waals surface area contributed by atoms with Crippen LogP contribution in [0.4, 0.5) is 0 Å². The molecular weight excluding hydrogens is 284 g/mol. The molecule has 0 amide bonds. The van der Waals surface area contributed by atoms with Crippen LogP contribution in [-0.4, -0.2) is 44.3 Å². The molecule has 21 heavy (non-hydrogen) atoms. The Morgan fingerprint density at radius 2 is 1.95 bits per heavy atom. The van der Waals surface area contributed by atoms with E-state index in [4.69, 9.17) is 16.3 Å². The molecule has 1 atom stereocenters. The summed E-state index contributed by atoms with van der Waals surface area (Å²) in [4.78, 5) is 2.63. The second-order valence-corrected chi connectivity index (χ2v) is 6.56. The fraction of sp³-hybridized carbons (Fsp3) is 0.647. The molecule has 2 aliphatic rings. The Bertz CT molecular complexity index is 430. The minimum Gasteiger partial charge on any atom is -0.381 e. The maximum Gasteiger partial charge on any atom is 0.0469 e. The highest BCUT2D eigenvalue weighted by Crippen LogP contribution is 2.39. The third-order valence-electron chi connectivity index (χ3n) is 4.82. The summed E-state index contributed by atoms with van der Waals surface area (Å²) in [6, 6.07) is 6.72. The van der Waals surface area contributed by atoms with Crippen LogP contribution in [-0.2, 0) is 4.74 Å². The number of hydrogen-bond donors (Lipinski definition) is 1. The van der Waals surface area contributed by atoms with Crippen molar-refractivity contribution in [1.29, 1.82) is 0 Å².